The van der Waals surface area contributed by atoms with Crippen molar-refractivity contribution in [2.45, 2.75) is 11.8 Å². The molecule has 0 spiro atoms. The Hall–Kier alpha value is -2.27. The molecular formula is C17H16N2O2S. The van der Waals surface area contributed by atoms with E-state index in [0.717, 1.165) is 16.3 Å². The summed E-state index contributed by atoms with van der Waals surface area (Å²) < 4.78 is 0. The molecule has 0 saturated carbocycles. The van der Waals surface area contributed by atoms with Crippen molar-refractivity contribution in [2.75, 3.05) is 22.5 Å². The predicted octanol–water partition coefficient (Wildman–Crippen LogP) is 3.40. The molecule has 0 saturated heterocycles. The van der Waals surface area contributed by atoms with Crippen LogP contribution in [-0.2, 0) is 4.79 Å². The molecule has 2 aromatic rings. The highest BCUT2D eigenvalue weighted by Crippen LogP contribution is 2.30. The largest absolute Gasteiger partial charge is 0.323 e. The molecule has 1 N–H and O–H groups in total. The zero-order valence-electron chi connectivity index (χ0n) is 12.2. The number of fused-ring (bicyclic) bond motifs is 1. The molecule has 2 amide bonds. The first-order chi connectivity index (χ1) is 10.7. The Morgan fingerprint density at radius 2 is 2.05 bits per heavy atom. The zero-order valence-corrected chi connectivity index (χ0v) is 13.0. The van der Waals surface area contributed by atoms with Crippen LogP contribution in [0.1, 0.15) is 17.3 Å². The van der Waals surface area contributed by atoms with Crippen LogP contribution in [0, 0.1) is 0 Å². The summed E-state index contributed by atoms with van der Waals surface area (Å²) in [7, 11) is 0. The van der Waals surface area contributed by atoms with Gasteiger partial charge in [-0.1, -0.05) is 25.1 Å². The van der Waals surface area contributed by atoms with E-state index in [0.29, 0.717) is 11.3 Å². The highest BCUT2D eigenvalue weighted by atomic mass is 32.2. The Balaban J connectivity index is 1.95. The van der Waals surface area contributed by atoms with Crippen molar-refractivity contribution in [1.82, 2.24) is 0 Å². The summed E-state index contributed by atoms with van der Waals surface area (Å²) in [6, 6.07) is 14.9. The van der Waals surface area contributed by atoms with Gasteiger partial charge in [-0.2, -0.15) is 0 Å². The molecule has 0 bridgehead atoms. The van der Waals surface area contributed by atoms with Crippen molar-refractivity contribution in [3.05, 3.63) is 54.1 Å². The maximum absolute atomic E-state index is 12.8. The molecule has 0 aromatic heterocycles. The number of carbonyl (C=O) groups is 2. The van der Waals surface area contributed by atoms with E-state index in [1.54, 1.807) is 23.9 Å². The van der Waals surface area contributed by atoms with Gasteiger partial charge in [-0.05, 0) is 36.1 Å². The van der Waals surface area contributed by atoms with Gasteiger partial charge in [0.05, 0.1) is 11.4 Å². The monoisotopic (exact) mass is 312 g/mol. The first-order valence-corrected chi connectivity index (χ1v) is 8.11. The van der Waals surface area contributed by atoms with E-state index in [9.17, 15) is 9.59 Å². The van der Waals surface area contributed by atoms with Gasteiger partial charge < -0.3 is 5.32 Å². The van der Waals surface area contributed by atoms with Gasteiger partial charge in [0.25, 0.3) is 5.91 Å². The molecule has 22 heavy (non-hydrogen) atoms. The molecule has 112 valence electrons. The highest BCUT2D eigenvalue weighted by molar-refractivity contribution is 7.99. The third-order valence-corrected chi connectivity index (χ3v) is 4.28. The van der Waals surface area contributed by atoms with Crippen molar-refractivity contribution >= 4 is 35.0 Å². The number of hydrogen-bond acceptors (Lipinski definition) is 3. The fourth-order valence-corrected chi connectivity index (χ4v) is 3.17. The van der Waals surface area contributed by atoms with Gasteiger partial charge in [-0.15, -0.1) is 11.8 Å². The predicted molar refractivity (Wildman–Crippen MR) is 89.6 cm³/mol. The minimum absolute atomic E-state index is 0.0427. The summed E-state index contributed by atoms with van der Waals surface area (Å²) in [4.78, 5) is 27.2. The summed E-state index contributed by atoms with van der Waals surface area (Å²) >= 11 is 1.69. The minimum Gasteiger partial charge on any atom is -0.323 e. The van der Waals surface area contributed by atoms with Gasteiger partial charge in [0.15, 0.2) is 0 Å². The van der Waals surface area contributed by atoms with E-state index >= 15 is 0 Å². The second kappa shape index (κ2) is 6.23. The topological polar surface area (TPSA) is 49.4 Å². The molecule has 4 nitrogen and oxygen atoms in total. The number of carbonyl (C=O) groups excluding carboxylic acids is 2. The van der Waals surface area contributed by atoms with Crippen LogP contribution in [0.5, 0.6) is 0 Å². The van der Waals surface area contributed by atoms with Crippen molar-refractivity contribution in [3.8, 4) is 0 Å². The highest BCUT2D eigenvalue weighted by Gasteiger charge is 2.27. The molecule has 1 aliphatic heterocycles. The second-order valence-electron chi connectivity index (χ2n) is 4.92. The van der Waals surface area contributed by atoms with E-state index in [-0.39, 0.29) is 18.4 Å². The van der Waals surface area contributed by atoms with Gasteiger partial charge in [0.1, 0.15) is 6.54 Å². The van der Waals surface area contributed by atoms with E-state index in [1.165, 1.54) is 4.90 Å². The van der Waals surface area contributed by atoms with Crippen LogP contribution >= 0.6 is 11.8 Å². The molecule has 0 radical (unpaired) electrons. The number of benzene rings is 2. The fraction of sp³-hybridized carbons (Fsp3) is 0.176. The summed E-state index contributed by atoms with van der Waals surface area (Å²) in [5.74, 6) is 0.624. The molecule has 1 aliphatic rings. The Morgan fingerprint density at radius 1 is 1.23 bits per heavy atom. The number of nitrogens with zero attached hydrogens (tertiary/aromatic N) is 1. The lowest BCUT2D eigenvalue weighted by molar-refractivity contribution is -0.115. The molecule has 0 aliphatic carbocycles. The lowest BCUT2D eigenvalue weighted by Crippen LogP contribution is -2.42. The summed E-state index contributed by atoms with van der Waals surface area (Å²) in [5.41, 5.74) is 2.01. The van der Waals surface area contributed by atoms with Crippen LogP contribution in [0.3, 0.4) is 0 Å². The van der Waals surface area contributed by atoms with E-state index in [1.807, 2.05) is 36.4 Å². The van der Waals surface area contributed by atoms with Gasteiger partial charge in [0.2, 0.25) is 5.91 Å². The van der Waals surface area contributed by atoms with Gasteiger partial charge in [-0.3, -0.25) is 14.5 Å². The average molecular weight is 312 g/mol. The number of amides is 2. The van der Waals surface area contributed by atoms with Crippen molar-refractivity contribution in [3.63, 3.8) is 0 Å². The number of hydrogen-bond donors (Lipinski definition) is 1. The van der Waals surface area contributed by atoms with Crippen molar-refractivity contribution < 1.29 is 9.59 Å². The third-order valence-electron chi connectivity index (χ3n) is 3.41. The van der Waals surface area contributed by atoms with Crippen LogP contribution in [0.4, 0.5) is 11.4 Å². The quantitative estimate of drug-likeness (QED) is 0.884. The number of thioether (sulfide) groups is 1. The van der Waals surface area contributed by atoms with Crippen LogP contribution in [0.15, 0.2) is 53.4 Å². The molecule has 1 heterocycles. The number of para-hydroxylation sites is 2. The normalized spacial score (nSPS) is 13.5. The van der Waals surface area contributed by atoms with Crippen molar-refractivity contribution in [1.29, 1.82) is 0 Å². The van der Waals surface area contributed by atoms with Gasteiger partial charge in [-0.25, -0.2) is 0 Å². The Kier molecular flexibility index (Phi) is 4.15. The lowest BCUT2D eigenvalue weighted by Gasteiger charge is -2.29. The third kappa shape index (κ3) is 2.85. The average Bonchev–Trinajstić information content (AvgIpc) is 2.54. The first-order valence-electron chi connectivity index (χ1n) is 7.12. The van der Waals surface area contributed by atoms with Crippen molar-refractivity contribution in [2.24, 2.45) is 0 Å². The van der Waals surface area contributed by atoms with E-state index in [2.05, 4.69) is 12.2 Å². The number of anilines is 2. The molecule has 5 heteroatoms. The Bertz CT molecular complexity index is 730. The Labute approximate surface area is 133 Å². The second-order valence-corrected chi connectivity index (χ2v) is 6.25. The van der Waals surface area contributed by atoms with E-state index in [4.69, 9.17) is 0 Å². The Morgan fingerprint density at radius 3 is 2.86 bits per heavy atom. The number of nitrogens with one attached hydrogen (secondary N) is 1. The maximum atomic E-state index is 12.8. The van der Waals surface area contributed by atoms with Crippen LogP contribution in [0.2, 0.25) is 0 Å². The lowest BCUT2D eigenvalue weighted by atomic mass is 10.1. The van der Waals surface area contributed by atoms with E-state index < -0.39 is 0 Å². The van der Waals surface area contributed by atoms with Crippen LogP contribution in [0.25, 0.3) is 0 Å². The molecular weight excluding hydrogens is 296 g/mol. The summed E-state index contributed by atoms with van der Waals surface area (Å²) in [5, 5.41) is 2.79. The smallest absolute Gasteiger partial charge is 0.258 e. The maximum Gasteiger partial charge on any atom is 0.258 e. The summed E-state index contributed by atoms with van der Waals surface area (Å²) in [6.07, 6.45) is 0. The van der Waals surface area contributed by atoms with Gasteiger partial charge >= 0.3 is 0 Å². The summed E-state index contributed by atoms with van der Waals surface area (Å²) in [6.45, 7) is 2.12. The molecule has 0 unspecified atom stereocenters. The fourth-order valence-electron chi connectivity index (χ4n) is 2.46. The van der Waals surface area contributed by atoms with Crippen LogP contribution < -0.4 is 10.2 Å². The number of rotatable bonds is 3. The molecule has 3 rings (SSSR count). The zero-order chi connectivity index (χ0) is 15.5. The van der Waals surface area contributed by atoms with Crippen LogP contribution in [-0.4, -0.2) is 24.1 Å². The minimum atomic E-state index is -0.175. The standard InChI is InChI=1S/C17H16N2O2S/c1-2-22-13-7-5-6-12(10-13)17(21)19-11-16(20)18-14-8-3-4-9-15(14)19/h3-10H,2,11H2,1H3,(H,18,20). The molecule has 0 atom stereocenters. The van der Waals surface area contributed by atoms with Gasteiger partial charge in [0, 0.05) is 10.5 Å². The SMILES string of the molecule is CCSc1cccc(C(=O)N2CC(=O)Nc3ccccc32)c1. The molecule has 0 fully saturated rings. The first kappa shape index (κ1) is 14.7. The molecule has 2 aromatic carbocycles.